The van der Waals surface area contributed by atoms with E-state index in [1.807, 2.05) is 6.07 Å². The molecule has 3 aromatic rings. The largest absolute Gasteiger partial charge is 0.421 e. The highest BCUT2D eigenvalue weighted by molar-refractivity contribution is 9.10. The average molecular weight is 509 g/mol. The number of hydrogen-bond donors (Lipinski definition) is 0. The van der Waals surface area contributed by atoms with Crippen LogP contribution in [0.15, 0.2) is 76.1 Å². The van der Waals surface area contributed by atoms with Crippen molar-refractivity contribution in [2.75, 3.05) is 10.8 Å². The van der Waals surface area contributed by atoms with Gasteiger partial charge in [0.15, 0.2) is 0 Å². The summed E-state index contributed by atoms with van der Waals surface area (Å²) in [6.45, 7) is 3.69. The summed E-state index contributed by atoms with van der Waals surface area (Å²) < 4.78 is 34.1. The van der Waals surface area contributed by atoms with Crippen LogP contribution in [0.25, 0.3) is 0 Å². The first-order valence-electron chi connectivity index (χ1n) is 9.09. The van der Waals surface area contributed by atoms with Crippen LogP contribution in [0.3, 0.4) is 0 Å². The fourth-order valence-electron chi connectivity index (χ4n) is 2.93. The summed E-state index contributed by atoms with van der Waals surface area (Å²) in [7, 11) is -3.88. The van der Waals surface area contributed by atoms with Crippen LogP contribution in [-0.2, 0) is 10.0 Å². The number of benzene rings is 3. The lowest BCUT2D eigenvalue weighted by atomic mass is 10.1. The summed E-state index contributed by atoms with van der Waals surface area (Å²) in [5, 5.41) is 0.263. The molecule has 0 unspecified atom stereocenters. The Labute approximate surface area is 189 Å². The molecule has 0 heterocycles. The lowest BCUT2D eigenvalue weighted by molar-refractivity contribution is 0.0734. The number of para-hydroxylation sites is 1. The molecule has 0 radical (unpaired) electrons. The van der Waals surface area contributed by atoms with Crippen molar-refractivity contribution in [3.63, 3.8) is 0 Å². The number of esters is 1. The van der Waals surface area contributed by atoms with E-state index in [-0.39, 0.29) is 27.8 Å². The van der Waals surface area contributed by atoms with Gasteiger partial charge in [-0.05, 0) is 61.9 Å². The third-order valence-electron chi connectivity index (χ3n) is 4.42. The molecule has 3 rings (SSSR count). The maximum absolute atomic E-state index is 13.4. The Bertz CT molecular complexity index is 1180. The van der Waals surface area contributed by atoms with E-state index >= 15 is 0 Å². The number of anilines is 1. The molecule has 0 aliphatic heterocycles. The number of carbonyl (C=O) groups is 1. The van der Waals surface area contributed by atoms with E-state index in [0.717, 1.165) is 4.47 Å². The fraction of sp³-hybridized carbons (Fsp3) is 0.136. The number of hydrogen-bond acceptors (Lipinski definition) is 4. The second-order valence-electron chi connectivity index (χ2n) is 6.45. The van der Waals surface area contributed by atoms with Crippen LogP contribution in [-0.4, -0.2) is 20.9 Å². The number of sulfonamides is 1. The van der Waals surface area contributed by atoms with Crippen molar-refractivity contribution in [2.24, 2.45) is 0 Å². The zero-order valence-electron chi connectivity index (χ0n) is 16.3. The molecule has 0 N–H and O–H groups in total. The van der Waals surface area contributed by atoms with Gasteiger partial charge in [0.1, 0.15) is 5.75 Å². The Morgan fingerprint density at radius 3 is 2.40 bits per heavy atom. The van der Waals surface area contributed by atoms with Crippen molar-refractivity contribution >= 4 is 49.2 Å². The van der Waals surface area contributed by atoms with Crippen molar-refractivity contribution in [1.82, 2.24) is 0 Å². The number of aryl methyl sites for hydroxylation is 1. The second-order valence-corrected chi connectivity index (χ2v) is 9.60. The molecule has 0 fully saturated rings. The van der Waals surface area contributed by atoms with Gasteiger partial charge in [-0.3, -0.25) is 4.31 Å². The molecule has 0 aliphatic carbocycles. The predicted octanol–water partition coefficient (Wildman–Crippen LogP) is 5.85. The molecule has 3 aromatic carbocycles. The minimum Gasteiger partial charge on any atom is -0.421 e. The molecular weight excluding hydrogens is 490 g/mol. The van der Waals surface area contributed by atoms with Gasteiger partial charge in [0.05, 0.1) is 21.2 Å². The number of ether oxygens (including phenoxy) is 1. The Balaban J connectivity index is 1.97. The van der Waals surface area contributed by atoms with Crippen molar-refractivity contribution in [2.45, 2.75) is 18.7 Å². The molecular formula is C22H19BrClNO4S. The van der Waals surface area contributed by atoms with Gasteiger partial charge < -0.3 is 4.74 Å². The van der Waals surface area contributed by atoms with E-state index in [1.165, 1.54) is 16.4 Å². The van der Waals surface area contributed by atoms with Gasteiger partial charge >= 0.3 is 5.97 Å². The Morgan fingerprint density at radius 2 is 1.77 bits per heavy atom. The molecule has 5 nitrogen and oxygen atoms in total. The van der Waals surface area contributed by atoms with Crippen LogP contribution in [0.2, 0.25) is 5.02 Å². The van der Waals surface area contributed by atoms with Crippen LogP contribution < -0.4 is 9.04 Å². The van der Waals surface area contributed by atoms with E-state index in [0.29, 0.717) is 11.3 Å². The van der Waals surface area contributed by atoms with Crippen molar-refractivity contribution in [1.29, 1.82) is 0 Å². The third kappa shape index (κ3) is 4.69. The first-order valence-corrected chi connectivity index (χ1v) is 11.7. The Morgan fingerprint density at radius 1 is 1.07 bits per heavy atom. The molecule has 0 spiro atoms. The molecule has 8 heteroatoms. The summed E-state index contributed by atoms with van der Waals surface area (Å²) in [5.41, 5.74) is 1.19. The topological polar surface area (TPSA) is 63.7 Å². The molecule has 156 valence electrons. The van der Waals surface area contributed by atoms with E-state index < -0.39 is 16.0 Å². The van der Waals surface area contributed by atoms with E-state index in [9.17, 15) is 13.2 Å². The number of nitrogens with zero attached hydrogens (tertiary/aromatic N) is 1. The molecule has 0 amide bonds. The van der Waals surface area contributed by atoms with Crippen LogP contribution in [0.4, 0.5) is 5.69 Å². The lowest BCUT2D eigenvalue weighted by Crippen LogP contribution is -2.31. The van der Waals surface area contributed by atoms with Crippen molar-refractivity contribution < 1.29 is 17.9 Å². The quantitative estimate of drug-likeness (QED) is 0.310. The van der Waals surface area contributed by atoms with Gasteiger partial charge in [-0.2, -0.15) is 0 Å². The monoisotopic (exact) mass is 507 g/mol. The molecule has 0 saturated carbocycles. The summed E-state index contributed by atoms with van der Waals surface area (Å²) in [6, 6.07) is 18.1. The minimum atomic E-state index is -3.88. The van der Waals surface area contributed by atoms with Gasteiger partial charge in [0, 0.05) is 11.0 Å². The first kappa shape index (κ1) is 22.3. The van der Waals surface area contributed by atoms with Gasteiger partial charge in [0.2, 0.25) is 0 Å². The highest BCUT2D eigenvalue weighted by atomic mass is 79.9. The Kier molecular flexibility index (Phi) is 6.85. The molecule has 0 saturated heterocycles. The van der Waals surface area contributed by atoms with E-state index in [2.05, 4.69) is 15.9 Å². The standard InChI is InChI=1S/C22H19BrClNO4S/c1-3-25(18-7-5-4-6-8-18)30(27,28)21-13-16(10-9-15(21)2)22(26)29-20-12-11-17(23)14-19(20)24/h4-14H,3H2,1-2H3. The summed E-state index contributed by atoms with van der Waals surface area (Å²) >= 11 is 9.40. The molecule has 0 atom stereocenters. The number of carbonyl (C=O) groups excluding carboxylic acids is 1. The molecule has 30 heavy (non-hydrogen) atoms. The lowest BCUT2D eigenvalue weighted by Gasteiger charge is -2.24. The second kappa shape index (κ2) is 9.20. The van der Waals surface area contributed by atoms with Crippen molar-refractivity contribution in [3.05, 3.63) is 87.4 Å². The fourth-order valence-corrected chi connectivity index (χ4v) is 5.37. The van der Waals surface area contributed by atoms with Gasteiger partial charge in [-0.25, -0.2) is 13.2 Å². The molecule has 0 aliphatic rings. The maximum atomic E-state index is 13.4. The zero-order valence-corrected chi connectivity index (χ0v) is 19.5. The average Bonchev–Trinajstić information content (AvgIpc) is 2.71. The number of rotatable bonds is 6. The summed E-state index contributed by atoms with van der Waals surface area (Å²) in [5.74, 6) is -0.507. The molecule has 0 aromatic heterocycles. The van der Waals surface area contributed by atoms with Crippen LogP contribution in [0.5, 0.6) is 5.75 Å². The van der Waals surface area contributed by atoms with Crippen LogP contribution in [0, 0.1) is 6.92 Å². The highest BCUT2D eigenvalue weighted by Crippen LogP contribution is 2.30. The van der Waals surface area contributed by atoms with E-state index in [4.69, 9.17) is 16.3 Å². The van der Waals surface area contributed by atoms with Crippen LogP contribution in [0.1, 0.15) is 22.8 Å². The van der Waals surface area contributed by atoms with Crippen molar-refractivity contribution in [3.8, 4) is 5.75 Å². The first-order chi connectivity index (χ1) is 14.2. The highest BCUT2D eigenvalue weighted by Gasteiger charge is 2.26. The smallest absolute Gasteiger partial charge is 0.343 e. The minimum absolute atomic E-state index is 0.0459. The van der Waals surface area contributed by atoms with Gasteiger partial charge in [-0.1, -0.05) is 51.8 Å². The maximum Gasteiger partial charge on any atom is 0.343 e. The normalized spacial score (nSPS) is 11.2. The van der Waals surface area contributed by atoms with Gasteiger partial charge in [-0.15, -0.1) is 0 Å². The zero-order chi connectivity index (χ0) is 21.9. The SMILES string of the molecule is CCN(c1ccccc1)S(=O)(=O)c1cc(C(=O)Oc2ccc(Br)cc2Cl)ccc1C. The third-order valence-corrected chi connectivity index (χ3v) is 7.25. The van der Waals surface area contributed by atoms with E-state index in [1.54, 1.807) is 62.4 Å². The molecule has 0 bridgehead atoms. The number of halogens is 2. The Hall–Kier alpha value is -2.35. The summed E-state index contributed by atoms with van der Waals surface area (Å²) in [6.07, 6.45) is 0. The van der Waals surface area contributed by atoms with Crippen LogP contribution >= 0.6 is 27.5 Å². The predicted molar refractivity (Wildman–Crippen MR) is 122 cm³/mol. The summed E-state index contributed by atoms with van der Waals surface area (Å²) in [4.78, 5) is 12.7. The van der Waals surface area contributed by atoms with Gasteiger partial charge in [0.25, 0.3) is 10.0 Å².